The summed E-state index contributed by atoms with van der Waals surface area (Å²) in [5.74, 6) is 0. The number of hydrogen-bond donors (Lipinski definition) is 0. The third-order valence-corrected chi connectivity index (χ3v) is 2.92. The van der Waals surface area contributed by atoms with Crippen LogP contribution in [0.15, 0.2) is 30.3 Å². The summed E-state index contributed by atoms with van der Waals surface area (Å²) in [5, 5.41) is 0. The van der Waals surface area contributed by atoms with Crippen LogP contribution in [-0.4, -0.2) is 43.4 Å². The third kappa shape index (κ3) is 3.74. The molecule has 1 saturated heterocycles. The summed E-state index contributed by atoms with van der Waals surface area (Å²) in [7, 11) is 0. The maximum Gasteiger partial charge on any atom is 0.410 e. The summed E-state index contributed by atoms with van der Waals surface area (Å²) in [5.41, 5.74) is 1.27. The largest absolute Gasteiger partial charge is 0.445 e. The molecule has 4 heteroatoms. The van der Waals surface area contributed by atoms with Crippen molar-refractivity contribution in [1.29, 1.82) is 0 Å². The van der Waals surface area contributed by atoms with E-state index in [9.17, 15) is 4.79 Å². The molecule has 0 bridgehead atoms. The van der Waals surface area contributed by atoms with Crippen LogP contribution in [0.2, 0.25) is 0 Å². The molecule has 1 amide bonds. The van der Waals surface area contributed by atoms with E-state index < -0.39 is 0 Å². The number of carbonyl (C=O) groups excluding carboxylic acids is 1. The van der Waals surface area contributed by atoms with Crippen molar-refractivity contribution in [2.75, 3.05) is 26.3 Å². The lowest BCUT2D eigenvalue weighted by molar-refractivity contribution is 0.109. The Morgan fingerprint density at radius 1 is 1.33 bits per heavy atom. The van der Waals surface area contributed by atoms with Crippen LogP contribution in [0.1, 0.15) is 12.5 Å². The molecule has 1 fully saturated rings. The summed E-state index contributed by atoms with van der Waals surface area (Å²) < 4.78 is 10.6. The second kappa shape index (κ2) is 6.40. The molecule has 1 heterocycles. The quantitative estimate of drug-likeness (QED) is 0.725. The molecule has 0 N–H and O–H groups in total. The summed E-state index contributed by atoms with van der Waals surface area (Å²) in [4.78, 5) is 13.0. The highest BCUT2D eigenvalue weighted by Crippen LogP contribution is 2.09. The molecular formula is C14H19NO3. The molecule has 1 aliphatic rings. The van der Waals surface area contributed by atoms with Gasteiger partial charge in [-0.15, -0.1) is 0 Å². The average Bonchev–Trinajstić information content (AvgIpc) is 2.69. The van der Waals surface area contributed by atoms with E-state index in [1.165, 1.54) is 5.56 Å². The minimum Gasteiger partial charge on any atom is -0.445 e. The topological polar surface area (TPSA) is 38.8 Å². The molecular weight excluding hydrogens is 230 g/mol. The molecule has 18 heavy (non-hydrogen) atoms. The van der Waals surface area contributed by atoms with E-state index >= 15 is 0 Å². The number of amides is 1. The first-order valence-electron chi connectivity index (χ1n) is 6.33. The van der Waals surface area contributed by atoms with Crippen LogP contribution >= 0.6 is 0 Å². The second-order valence-corrected chi connectivity index (χ2v) is 4.49. The van der Waals surface area contributed by atoms with Crippen LogP contribution in [0.4, 0.5) is 4.79 Å². The van der Waals surface area contributed by atoms with Crippen molar-refractivity contribution >= 4 is 6.09 Å². The molecule has 0 spiro atoms. The Morgan fingerprint density at radius 3 is 2.78 bits per heavy atom. The number of rotatable bonds is 6. The lowest BCUT2D eigenvalue weighted by atomic mass is 10.2. The highest BCUT2D eigenvalue weighted by atomic mass is 16.6. The zero-order valence-corrected chi connectivity index (χ0v) is 10.7. The van der Waals surface area contributed by atoms with Crippen molar-refractivity contribution in [2.24, 2.45) is 0 Å². The fourth-order valence-electron chi connectivity index (χ4n) is 1.96. The fraction of sp³-hybridized carbons (Fsp3) is 0.500. The predicted molar refractivity (Wildman–Crippen MR) is 68.5 cm³/mol. The predicted octanol–water partition coefficient (Wildman–Crippen LogP) is 2.09. The van der Waals surface area contributed by atoms with Crippen molar-refractivity contribution in [3.8, 4) is 0 Å². The maximum atomic E-state index is 11.3. The van der Waals surface area contributed by atoms with Crippen molar-refractivity contribution in [1.82, 2.24) is 4.90 Å². The molecule has 1 aliphatic heterocycles. The standard InChI is InChI=1S/C14H19NO3/c1-12-11-15(14(16)18-12)8-10-17-9-7-13-5-3-2-4-6-13/h2-6,12H,7-11H2,1H3. The van der Waals surface area contributed by atoms with Crippen LogP contribution in [0.25, 0.3) is 0 Å². The minimum absolute atomic E-state index is 0.00168. The number of hydrogen-bond acceptors (Lipinski definition) is 3. The van der Waals surface area contributed by atoms with Gasteiger partial charge in [0.1, 0.15) is 6.10 Å². The third-order valence-electron chi connectivity index (χ3n) is 2.92. The van der Waals surface area contributed by atoms with Gasteiger partial charge in [0.05, 0.1) is 19.8 Å². The molecule has 2 rings (SSSR count). The Labute approximate surface area is 107 Å². The van der Waals surface area contributed by atoms with E-state index in [1.807, 2.05) is 25.1 Å². The number of nitrogens with zero attached hydrogens (tertiary/aromatic N) is 1. The summed E-state index contributed by atoms with van der Waals surface area (Å²) >= 11 is 0. The monoisotopic (exact) mass is 249 g/mol. The Morgan fingerprint density at radius 2 is 2.11 bits per heavy atom. The maximum absolute atomic E-state index is 11.3. The lowest BCUT2D eigenvalue weighted by Gasteiger charge is -2.12. The first kappa shape index (κ1) is 12.9. The van der Waals surface area contributed by atoms with Gasteiger partial charge in [-0.1, -0.05) is 30.3 Å². The molecule has 1 aromatic carbocycles. The van der Waals surface area contributed by atoms with Gasteiger partial charge >= 0.3 is 6.09 Å². The zero-order chi connectivity index (χ0) is 12.8. The zero-order valence-electron chi connectivity index (χ0n) is 10.7. The van der Waals surface area contributed by atoms with Crippen LogP contribution in [0, 0.1) is 0 Å². The SMILES string of the molecule is CC1CN(CCOCCc2ccccc2)C(=O)O1. The lowest BCUT2D eigenvalue weighted by Crippen LogP contribution is -2.29. The van der Waals surface area contributed by atoms with Crippen molar-refractivity contribution in [2.45, 2.75) is 19.4 Å². The molecule has 1 atom stereocenters. The van der Waals surface area contributed by atoms with Gasteiger partial charge in [-0.25, -0.2) is 4.79 Å². The highest BCUT2D eigenvalue weighted by Gasteiger charge is 2.27. The van der Waals surface area contributed by atoms with Gasteiger partial charge in [0.25, 0.3) is 0 Å². The second-order valence-electron chi connectivity index (χ2n) is 4.49. The molecule has 98 valence electrons. The molecule has 0 radical (unpaired) electrons. The van der Waals surface area contributed by atoms with E-state index in [4.69, 9.17) is 9.47 Å². The van der Waals surface area contributed by atoms with Crippen LogP contribution in [0.5, 0.6) is 0 Å². The van der Waals surface area contributed by atoms with E-state index in [0.717, 1.165) is 6.42 Å². The van der Waals surface area contributed by atoms with E-state index in [1.54, 1.807) is 4.90 Å². The Kier molecular flexibility index (Phi) is 4.59. The number of carbonyl (C=O) groups is 1. The first-order chi connectivity index (χ1) is 8.75. The van der Waals surface area contributed by atoms with Crippen molar-refractivity contribution in [3.05, 3.63) is 35.9 Å². The normalized spacial score (nSPS) is 19.1. The highest BCUT2D eigenvalue weighted by molar-refractivity contribution is 5.69. The van der Waals surface area contributed by atoms with Crippen LogP contribution < -0.4 is 0 Å². The molecule has 0 aliphatic carbocycles. The fourth-order valence-corrected chi connectivity index (χ4v) is 1.96. The van der Waals surface area contributed by atoms with Crippen LogP contribution in [-0.2, 0) is 15.9 Å². The smallest absolute Gasteiger partial charge is 0.410 e. The molecule has 0 aromatic heterocycles. The Balaban J connectivity index is 1.58. The molecule has 1 unspecified atom stereocenters. The Bertz CT molecular complexity index is 380. The minimum atomic E-state index is -0.228. The Hall–Kier alpha value is -1.55. The van der Waals surface area contributed by atoms with Gasteiger partial charge in [-0.3, -0.25) is 0 Å². The average molecular weight is 249 g/mol. The summed E-state index contributed by atoms with van der Waals surface area (Å²) in [6, 6.07) is 10.2. The van der Waals surface area contributed by atoms with Gasteiger partial charge in [0.2, 0.25) is 0 Å². The molecule has 1 aromatic rings. The van der Waals surface area contributed by atoms with E-state index in [-0.39, 0.29) is 12.2 Å². The van der Waals surface area contributed by atoms with Crippen LogP contribution in [0.3, 0.4) is 0 Å². The van der Waals surface area contributed by atoms with E-state index in [0.29, 0.717) is 26.3 Å². The van der Waals surface area contributed by atoms with Crippen molar-refractivity contribution < 1.29 is 14.3 Å². The summed E-state index contributed by atoms with van der Waals surface area (Å²) in [6.07, 6.45) is 0.679. The first-order valence-corrected chi connectivity index (χ1v) is 6.33. The van der Waals surface area contributed by atoms with Gasteiger partial charge in [0.15, 0.2) is 0 Å². The molecule has 4 nitrogen and oxygen atoms in total. The number of cyclic esters (lactones) is 1. The summed E-state index contributed by atoms with van der Waals surface area (Å²) in [6.45, 7) is 4.42. The van der Waals surface area contributed by atoms with E-state index in [2.05, 4.69) is 12.1 Å². The van der Waals surface area contributed by atoms with Crippen molar-refractivity contribution in [3.63, 3.8) is 0 Å². The van der Waals surface area contributed by atoms with Gasteiger partial charge in [-0.05, 0) is 18.9 Å². The number of benzene rings is 1. The number of ether oxygens (including phenoxy) is 2. The van der Waals surface area contributed by atoms with Gasteiger partial charge < -0.3 is 14.4 Å². The van der Waals surface area contributed by atoms with Gasteiger partial charge in [-0.2, -0.15) is 0 Å². The van der Waals surface area contributed by atoms with Gasteiger partial charge in [0, 0.05) is 6.54 Å². The molecule has 0 saturated carbocycles.